The second kappa shape index (κ2) is 6.52. The van der Waals surface area contributed by atoms with Gasteiger partial charge in [-0.2, -0.15) is 0 Å². The molecule has 0 spiro atoms. The van der Waals surface area contributed by atoms with Crippen molar-refractivity contribution in [2.75, 3.05) is 43.4 Å². The number of likely N-dealkylation sites (N-methyl/N-ethyl adjacent to an activating group) is 1. The Morgan fingerprint density at radius 3 is 2.55 bits per heavy atom. The first-order chi connectivity index (χ1) is 10.7. The Morgan fingerprint density at radius 1 is 1.18 bits per heavy atom. The van der Waals surface area contributed by atoms with Crippen LogP contribution in [0.25, 0.3) is 0 Å². The molecule has 1 aromatic heterocycles. The lowest BCUT2D eigenvalue weighted by Crippen LogP contribution is -2.44. The van der Waals surface area contributed by atoms with Gasteiger partial charge in [-0.1, -0.05) is 0 Å². The van der Waals surface area contributed by atoms with Crippen LogP contribution in [0, 0.1) is 0 Å². The molecule has 2 heterocycles. The standard InChI is InChI=1S/C14H19N7O/c1-19-6-8-20(9-7-19)13-4-2-12(3-5-13)16-14(22)10-21-11-15-17-18-21/h2-5,11H,6-10H2,1H3,(H,16,22). The maximum atomic E-state index is 11.9. The number of nitrogens with one attached hydrogen (secondary N) is 1. The molecule has 1 aliphatic rings. The van der Waals surface area contributed by atoms with Gasteiger partial charge in [0, 0.05) is 37.6 Å². The van der Waals surface area contributed by atoms with Crippen LogP contribution < -0.4 is 10.2 Å². The van der Waals surface area contributed by atoms with Crippen LogP contribution in [0.3, 0.4) is 0 Å². The number of piperazine rings is 1. The van der Waals surface area contributed by atoms with Gasteiger partial charge in [-0.3, -0.25) is 4.79 Å². The molecule has 0 atom stereocenters. The van der Waals surface area contributed by atoms with Crippen molar-refractivity contribution in [3.8, 4) is 0 Å². The summed E-state index contributed by atoms with van der Waals surface area (Å²) < 4.78 is 1.38. The van der Waals surface area contributed by atoms with Crippen molar-refractivity contribution in [2.24, 2.45) is 0 Å². The summed E-state index contributed by atoms with van der Waals surface area (Å²) in [7, 11) is 2.14. The number of rotatable bonds is 4. The third kappa shape index (κ3) is 3.59. The van der Waals surface area contributed by atoms with E-state index in [4.69, 9.17) is 0 Å². The predicted octanol–water partition coefficient (Wildman–Crippen LogP) is 0.0636. The molecule has 116 valence electrons. The number of nitrogens with zero attached hydrogens (tertiary/aromatic N) is 6. The van der Waals surface area contributed by atoms with Gasteiger partial charge in [-0.05, 0) is 41.7 Å². The van der Waals surface area contributed by atoms with Crippen molar-refractivity contribution >= 4 is 17.3 Å². The summed E-state index contributed by atoms with van der Waals surface area (Å²) in [5.74, 6) is -0.153. The van der Waals surface area contributed by atoms with Gasteiger partial charge in [0.25, 0.3) is 0 Å². The highest BCUT2D eigenvalue weighted by molar-refractivity contribution is 5.90. The zero-order chi connectivity index (χ0) is 15.4. The fourth-order valence-corrected chi connectivity index (χ4v) is 2.42. The molecule has 1 aliphatic heterocycles. The highest BCUT2D eigenvalue weighted by Crippen LogP contribution is 2.19. The van der Waals surface area contributed by atoms with E-state index < -0.39 is 0 Å². The summed E-state index contributed by atoms with van der Waals surface area (Å²) in [4.78, 5) is 16.5. The fraction of sp³-hybridized carbons (Fsp3) is 0.429. The summed E-state index contributed by atoms with van der Waals surface area (Å²) in [6.07, 6.45) is 1.41. The molecule has 2 aromatic rings. The molecule has 0 bridgehead atoms. The van der Waals surface area contributed by atoms with Crippen LogP contribution in [0.15, 0.2) is 30.6 Å². The number of hydrogen-bond acceptors (Lipinski definition) is 6. The van der Waals surface area contributed by atoms with Crippen molar-refractivity contribution < 1.29 is 4.79 Å². The third-order valence-electron chi connectivity index (χ3n) is 3.72. The molecule has 0 aliphatic carbocycles. The topological polar surface area (TPSA) is 79.2 Å². The molecule has 8 nitrogen and oxygen atoms in total. The Hall–Kier alpha value is -2.48. The van der Waals surface area contributed by atoms with Gasteiger partial charge < -0.3 is 15.1 Å². The molecule has 0 radical (unpaired) electrons. The van der Waals surface area contributed by atoms with Crippen molar-refractivity contribution in [1.82, 2.24) is 25.1 Å². The van der Waals surface area contributed by atoms with E-state index in [1.807, 2.05) is 24.3 Å². The lowest BCUT2D eigenvalue weighted by Gasteiger charge is -2.34. The zero-order valence-electron chi connectivity index (χ0n) is 12.5. The summed E-state index contributed by atoms with van der Waals surface area (Å²) in [6, 6.07) is 7.92. The van der Waals surface area contributed by atoms with E-state index in [9.17, 15) is 4.79 Å². The zero-order valence-corrected chi connectivity index (χ0v) is 12.5. The number of tetrazole rings is 1. The molecule has 1 aromatic carbocycles. The first-order valence-corrected chi connectivity index (χ1v) is 7.25. The van der Waals surface area contributed by atoms with Crippen molar-refractivity contribution in [3.05, 3.63) is 30.6 Å². The van der Waals surface area contributed by atoms with Gasteiger partial charge in [-0.25, -0.2) is 4.68 Å². The SMILES string of the molecule is CN1CCN(c2ccc(NC(=O)Cn3cnnn3)cc2)CC1. The Balaban J connectivity index is 1.56. The van der Waals surface area contributed by atoms with E-state index in [1.54, 1.807) is 0 Å². The minimum absolute atomic E-state index is 0.104. The Bertz CT molecular complexity index is 603. The molecule has 3 rings (SSSR count). The van der Waals surface area contributed by atoms with E-state index >= 15 is 0 Å². The second-order valence-corrected chi connectivity index (χ2v) is 5.39. The lowest BCUT2D eigenvalue weighted by molar-refractivity contribution is -0.116. The highest BCUT2D eigenvalue weighted by atomic mass is 16.2. The van der Waals surface area contributed by atoms with E-state index in [-0.39, 0.29) is 12.5 Å². The molecular formula is C14H19N7O. The average molecular weight is 301 g/mol. The molecule has 1 amide bonds. The normalized spacial score (nSPS) is 15.8. The monoisotopic (exact) mass is 301 g/mol. The van der Waals surface area contributed by atoms with Crippen LogP contribution in [-0.4, -0.2) is 64.2 Å². The number of hydrogen-bond donors (Lipinski definition) is 1. The second-order valence-electron chi connectivity index (χ2n) is 5.39. The first kappa shape index (κ1) is 14.5. The van der Waals surface area contributed by atoms with Crippen molar-refractivity contribution in [2.45, 2.75) is 6.54 Å². The number of carbonyl (C=O) groups excluding carboxylic acids is 1. The summed E-state index contributed by atoms with van der Waals surface area (Å²) in [5, 5.41) is 13.5. The Kier molecular flexibility index (Phi) is 4.29. The van der Waals surface area contributed by atoms with E-state index in [0.29, 0.717) is 0 Å². The van der Waals surface area contributed by atoms with Crippen LogP contribution in [0.2, 0.25) is 0 Å². The summed E-state index contributed by atoms with van der Waals surface area (Å²) >= 11 is 0. The van der Waals surface area contributed by atoms with Gasteiger partial charge in [0.2, 0.25) is 5.91 Å². The Morgan fingerprint density at radius 2 is 1.91 bits per heavy atom. The fourth-order valence-electron chi connectivity index (χ4n) is 2.42. The van der Waals surface area contributed by atoms with Crippen LogP contribution in [0.4, 0.5) is 11.4 Å². The predicted molar refractivity (Wildman–Crippen MR) is 82.6 cm³/mol. The molecule has 0 saturated carbocycles. The Labute approximate surface area is 128 Å². The number of carbonyl (C=O) groups is 1. The van der Waals surface area contributed by atoms with Crippen molar-refractivity contribution in [1.29, 1.82) is 0 Å². The van der Waals surface area contributed by atoms with E-state index in [0.717, 1.165) is 31.9 Å². The van der Waals surface area contributed by atoms with Crippen LogP contribution in [0.5, 0.6) is 0 Å². The highest BCUT2D eigenvalue weighted by Gasteiger charge is 2.14. The van der Waals surface area contributed by atoms with Crippen LogP contribution in [0.1, 0.15) is 0 Å². The van der Waals surface area contributed by atoms with Gasteiger partial charge in [0.1, 0.15) is 12.9 Å². The molecular weight excluding hydrogens is 282 g/mol. The van der Waals surface area contributed by atoms with Gasteiger partial charge >= 0.3 is 0 Å². The molecule has 22 heavy (non-hydrogen) atoms. The summed E-state index contributed by atoms with van der Waals surface area (Å²) in [6.45, 7) is 4.31. The van der Waals surface area contributed by atoms with E-state index in [2.05, 4.69) is 37.7 Å². The number of aromatic nitrogens is 4. The molecule has 0 unspecified atom stereocenters. The minimum atomic E-state index is -0.153. The lowest BCUT2D eigenvalue weighted by atomic mass is 10.2. The quantitative estimate of drug-likeness (QED) is 0.860. The van der Waals surface area contributed by atoms with Gasteiger partial charge in [0.05, 0.1) is 0 Å². The molecule has 8 heteroatoms. The number of benzene rings is 1. The number of amides is 1. The average Bonchev–Trinajstić information content (AvgIpc) is 3.02. The van der Waals surface area contributed by atoms with Crippen molar-refractivity contribution in [3.63, 3.8) is 0 Å². The first-order valence-electron chi connectivity index (χ1n) is 7.25. The van der Waals surface area contributed by atoms with Crippen LogP contribution >= 0.6 is 0 Å². The molecule has 1 saturated heterocycles. The largest absolute Gasteiger partial charge is 0.369 e. The van der Waals surface area contributed by atoms with Gasteiger partial charge in [-0.15, -0.1) is 5.10 Å². The molecule has 1 fully saturated rings. The minimum Gasteiger partial charge on any atom is -0.369 e. The third-order valence-corrected chi connectivity index (χ3v) is 3.72. The summed E-state index contributed by atoms with van der Waals surface area (Å²) in [5.41, 5.74) is 1.96. The van der Waals surface area contributed by atoms with Crippen LogP contribution in [-0.2, 0) is 11.3 Å². The maximum Gasteiger partial charge on any atom is 0.246 e. The number of anilines is 2. The maximum absolute atomic E-state index is 11.9. The smallest absolute Gasteiger partial charge is 0.246 e. The molecule has 1 N–H and O–H groups in total. The van der Waals surface area contributed by atoms with E-state index in [1.165, 1.54) is 16.7 Å². The van der Waals surface area contributed by atoms with Gasteiger partial charge in [0.15, 0.2) is 0 Å².